The van der Waals surface area contributed by atoms with Gasteiger partial charge in [0.05, 0.1) is 31.0 Å². The quantitative estimate of drug-likeness (QED) is 0.320. The van der Waals surface area contributed by atoms with Gasteiger partial charge < -0.3 is 4.74 Å². The third kappa shape index (κ3) is 5.90. The number of nitrogens with zero attached hydrogens (tertiary/aromatic N) is 3. The molecule has 1 saturated heterocycles. The number of hydrogen-bond donors (Lipinski definition) is 1. The fourth-order valence-electron chi connectivity index (χ4n) is 4.44. The first-order valence-electron chi connectivity index (χ1n) is 11.5. The molecule has 1 saturated carbocycles. The minimum absolute atomic E-state index is 0. The summed E-state index contributed by atoms with van der Waals surface area (Å²) in [6.07, 6.45) is 5.72. The molecular weight excluding hydrogens is 477 g/mol. The standard InChI is InChI=1S/C25H30FN3O3S.ClH/c1-3-32-25(31)18-12-27-29(14-18)13-16(2)20-15-28(11-10-22(20)33)23(24(30)17-8-9-17)19-6-4-5-7-21(19)26;/h4-7,12,14,17,22-23,33H,3,8-11,13,15H2,1-2H3;1H/b20-16+;. The first kappa shape index (κ1) is 26.4. The second kappa shape index (κ2) is 11.5. The van der Waals surface area contributed by atoms with Crippen LogP contribution in [-0.4, -0.2) is 51.4 Å². The Morgan fingerprint density at radius 3 is 2.68 bits per heavy atom. The maximum Gasteiger partial charge on any atom is 0.341 e. The summed E-state index contributed by atoms with van der Waals surface area (Å²) in [7, 11) is 0. The summed E-state index contributed by atoms with van der Waals surface area (Å²) in [5.74, 6) is -0.589. The highest BCUT2D eigenvalue weighted by atomic mass is 35.5. The Labute approximate surface area is 211 Å². The summed E-state index contributed by atoms with van der Waals surface area (Å²) in [5.41, 5.74) is 3.05. The Balaban J connectivity index is 0.00000324. The fourth-order valence-corrected chi connectivity index (χ4v) is 4.86. The van der Waals surface area contributed by atoms with Crippen LogP contribution in [0.2, 0.25) is 0 Å². The molecular formula is C25H31ClFN3O3S. The average molecular weight is 508 g/mol. The van der Waals surface area contributed by atoms with Gasteiger partial charge in [-0.05, 0) is 44.7 Å². The van der Waals surface area contributed by atoms with E-state index in [0.717, 1.165) is 30.4 Å². The highest BCUT2D eigenvalue weighted by Crippen LogP contribution is 2.40. The first-order chi connectivity index (χ1) is 15.9. The van der Waals surface area contributed by atoms with E-state index in [1.807, 2.05) is 6.92 Å². The fraction of sp³-hybridized carbons (Fsp3) is 0.480. The van der Waals surface area contributed by atoms with E-state index in [9.17, 15) is 14.0 Å². The number of rotatable bonds is 8. The van der Waals surface area contributed by atoms with Crippen LogP contribution < -0.4 is 0 Å². The molecule has 2 aliphatic rings. The topological polar surface area (TPSA) is 64.4 Å². The van der Waals surface area contributed by atoms with Gasteiger partial charge in [-0.25, -0.2) is 9.18 Å². The van der Waals surface area contributed by atoms with Gasteiger partial charge in [-0.1, -0.05) is 23.8 Å². The van der Waals surface area contributed by atoms with Crippen molar-refractivity contribution in [1.82, 2.24) is 14.7 Å². The Hall–Kier alpha value is -2.16. The van der Waals surface area contributed by atoms with E-state index in [0.29, 0.717) is 37.4 Å². The number of carbonyl (C=O) groups excluding carboxylic acids is 2. The number of Topliss-reactive ketones (excluding diaryl/α,β-unsaturated/α-hetero) is 1. The van der Waals surface area contributed by atoms with Gasteiger partial charge in [0, 0.05) is 36.0 Å². The Morgan fingerprint density at radius 1 is 1.26 bits per heavy atom. The lowest BCUT2D eigenvalue weighted by atomic mass is 9.92. The highest BCUT2D eigenvalue weighted by molar-refractivity contribution is 7.81. The maximum absolute atomic E-state index is 14.7. The molecule has 1 aliphatic carbocycles. The van der Waals surface area contributed by atoms with Gasteiger partial charge in [0.25, 0.3) is 0 Å². The zero-order chi connectivity index (χ0) is 23.5. The van der Waals surface area contributed by atoms with Crippen molar-refractivity contribution in [3.8, 4) is 0 Å². The molecule has 34 heavy (non-hydrogen) atoms. The number of likely N-dealkylation sites (tertiary alicyclic amines) is 1. The number of thiol groups is 1. The van der Waals surface area contributed by atoms with Crippen LogP contribution >= 0.6 is 25.0 Å². The predicted octanol–water partition coefficient (Wildman–Crippen LogP) is 4.66. The van der Waals surface area contributed by atoms with Crippen molar-refractivity contribution in [1.29, 1.82) is 0 Å². The third-order valence-corrected chi connectivity index (χ3v) is 6.94. The van der Waals surface area contributed by atoms with Crippen LogP contribution in [0.25, 0.3) is 0 Å². The van der Waals surface area contributed by atoms with Gasteiger partial charge in [0.1, 0.15) is 5.82 Å². The molecule has 6 nitrogen and oxygen atoms in total. The molecule has 4 rings (SSSR count). The second-order valence-corrected chi connectivity index (χ2v) is 9.45. The second-order valence-electron chi connectivity index (χ2n) is 8.83. The summed E-state index contributed by atoms with van der Waals surface area (Å²) in [6, 6.07) is 6.01. The van der Waals surface area contributed by atoms with Crippen LogP contribution in [0.1, 0.15) is 55.1 Å². The van der Waals surface area contributed by atoms with E-state index >= 15 is 0 Å². The molecule has 0 radical (unpaired) electrons. The number of carbonyl (C=O) groups is 2. The minimum Gasteiger partial charge on any atom is -0.462 e. The van der Waals surface area contributed by atoms with Gasteiger partial charge in [0.2, 0.25) is 0 Å². The van der Waals surface area contributed by atoms with Crippen LogP contribution in [-0.2, 0) is 16.1 Å². The molecule has 2 heterocycles. The molecule has 0 N–H and O–H groups in total. The van der Waals surface area contributed by atoms with Crippen molar-refractivity contribution in [2.24, 2.45) is 5.92 Å². The Morgan fingerprint density at radius 2 is 2.00 bits per heavy atom. The molecule has 2 aromatic rings. The molecule has 2 unspecified atom stereocenters. The summed E-state index contributed by atoms with van der Waals surface area (Å²) in [4.78, 5) is 27.3. The molecule has 1 aromatic carbocycles. The van der Waals surface area contributed by atoms with Crippen LogP contribution in [0.3, 0.4) is 0 Å². The molecule has 184 valence electrons. The zero-order valence-electron chi connectivity index (χ0n) is 19.4. The number of ether oxygens (including phenoxy) is 1. The Bertz CT molecular complexity index is 1070. The van der Waals surface area contributed by atoms with Crippen molar-refractivity contribution < 1.29 is 18.7 Å². The summed E-state index contributed by atoms with van der Waals surface area (Å²) in [5, 5.41) is 4.35. The number of allylic oxidation sites excluding steroid dienone is 1. The van der Waals surface area contributed by atoms with Gasteiger partial charge >= 0.3 is 5.97 Å². The predicted molar refractivity (Wildman–Crippen MR) is 134 cm³/mol. The smallest absolute Gasteiger partial charge is 0.341 e. The van der Waals surface area contributed by atoms with E-state index in [-0.39, 0.29) is 35.2 Å². The maximum atomic E-state index is 14.7. The van der Waals surface area contributed by atoms with Crippen LogP contribution in [0, 0.1) is 11.7 Å². The van der Waals surface area contributed by atoms with Crippen molar-refractivity contribution in [2.75, 3.05) is 19.7 Å². The number of benzene rings is 1. The molecule has 0 amide bonds. The minimum atomic E-state index is -0.581. The van der Waals surface area contributed by atoms with Crippen molar-refractivity contribution in [3.05, 3.63) is 64.7 Å². The number of esters is 1. The monoisotopic (exact) mass is 507 g/mol. The van der Waals surface area contributed by atoms with E-state index in [1.54, 1.807) is 36.0 Å². The number of hydrogen-bond acceptors (Lipinski definition) is 6. The average Bonchev–Trinajstić information content (AvgIpc) is 3.55. The summed E-state index contributed by atoms with van der Waals surface area (Å²) in [6.45, 7) is 5.82. The molecule has 9 heteroatoms. The normalized spacial score (nSPS) is 20.9. The number of ketones is 1. The molecule has 2 atom stereocenters. The largest absolute Gasteiger partial charge is 0.462 e. The van der Waals surface area contributed by atoms with Gasteiger partial charge in [-0.2, -0.15) is 17.7 Å². The van der Waals surface area contributed by atoms with E-state index in [4.69, 9.17) is 17.4 Å². The Kier molecular flexibility index (Phi) is 8.95. The van der Waals surface area contributed by atoms with E-state index < -0.39 is 12.0 Å². The zero-order valence-corrected chi connectivity index (χ0v) is 21.2. The third-order valence-electron chi connectivity index (χ3n) is 6.37. The molecule has 0 bridgehead atoms. The van der Waals surface area contributed by atoms with Gasteiger partial charge in [-0.3, -0.25) is 14.4 Å². The highest BCUT2D eigenvalue weighted by Gasteiger charge is 2.41. The van der Waals surface area contributed by atoms with Crippen molar-refractivity contribution in [2.45, 2.75) is 50.9 Å². The SMILES string of the molecule is CCOC(=O)c1cnn(C/C(C)=C2\CN(C(C(=O)C3CC3)c3ccccc3F)CCC2S)c1.Cl. The molecule has 0 spiro atoms. The lowest BCUT2D eigenvalue weighted by Gasteiger charge is -2.38. The molecule has 1 aromatic heterocycles. The van der Waals surface area contributed by atoms with E-state index in [1.165, 1.54) is 12.3 Å². The first-order valence-corrected chi connectivity index (χ1v) is 12.0. The van der Waals surface area contributed by atoms with Crippen molar-refractivity contribution in [3.63, 3.8) is 0 Å². The van der Waals surface area contributed by atoms with Crippen LogP contribution in [0.5, 0.6) is 0 Å². The van der Waals surface area contributed by atoms with Crippen molar-refractivity contribution >= 4 is 36.8 Å². The number of halogens is 2. The summed E-state index contributed by atoms with van der Waals surface area (Å²) < 4.78 is 21.5. The van der Waals surface area contributed by atoms with Crippen LogP contribution in [0.4, 0.5) is 4.39 Å². The summed E-state index contributed by atoms with van der Waals surface area (Å²) >= 11 is 4.80. The van der Waals surface area contributed by atoms with Crippen LogP contribution in [0.15, 0.2) is 47.8 Å². The lowest BCUT2D eigenvalue weighted by molar-refractivity contribution is -0.126. The molecule has 1 aliphatic heterocycles. The number of aromatic nitrogens is 2. The van der Waals surface area contributed by atoms with Gasteiger partial charge in [0.15, 0.2) is 5.78 Å². The number of piperidine rings is 1. The lowest BCUT2D eigenvalue weighted by Crippen LogP contribution is -2.43. The molecule has 2 fully saturated rings. The van der Waals surface area contributed by atoms with E-state index in [2.05, 4.69) is 10.00 Å². The van der Waals surface area contributed by atoms with Gasteiger partial charge in [-0.15, -0.1) is 12.4 Å².